The van der Waals surface area contributed by atoms with Crippen LogP contribution >= 0.6 is 0 Å². The van der Waals surface area contributed by atoms with Gasteiger partial charge in [0.15, 0.2) is 0 Å². The second-order valence-corrected chi connectivity index (χ2v) is 7.17. The van der Waals surface area contributed by atoms with E-state index in [4.69, 9.17) is 0 Å². The Bertz CT molecular complexity index is 398. The van der Waals surface area contributed by atoms with E-state index in [0.717, 1.165) is 0 Å². The van der Waals surface area contributed by atoms with Gasteiger partial charge in [-0.15, -0.1) is 0 Å². The van der Waals surface area contributed by atoms with Crippen LogP contribution < -0.4 is 4.90 Å². The highest BCUT2D eigenvalue weighted by atomic mass is 15.1. The Labute approximate surface area is 125 Å². The third-order valence-electron chi connectivity index (χ3n) is 4.87. The first-order valence-electron chi connectivity index (χ1n) is 8.35. The van der Waals surface area contributed by atoms with Crippen LogP contribution in [0.1, 0.15) is 63.9 Å². The number of hydrogen-bond acceptors (Lipinski definition) is 1. The molecule has 0 spiro atoms. The van der Waals surface area contributed by atoms with Gasteiger partial charge in [-0.2, -0.15) is 0 Å². The first kappa shape index (κ1) is 15.4. The van der Waals surface area contributed by atoms with Crippen molar-refractivity contribution in [1.29, 1.82) is 0 Å². The van der Waals surface area contributed by atoms with Crippen molar-refractivity contribution in [2.45, 2.75) is 64.7 Å². The van der Waals surface area contributed by atoms with E-state index in [2.05, 4.69) is 50.2 Å². The summed E-state index contributed by atoms with van der Waals surface area (Å²) in [5.74, 6) is 0. The number of rotatable bonds is 3. The molecule has 0 saturated heterocycles. The highest BCUT2D eigenvalue weighted by Gasteiger charge is 2.24. The molecule has 20 heavy (non-hydrogen) atoms. The molecule has 0 heterocycles. The summed E-state index contributed by atoms with van der Waals surface area (Å²) in [6.45, 7) is 2.51. The molecule has 0 atom stereocenters. The van der Waals surface area contributed by atoms with E-state index >= 15 is 0 Å². The molecule has 1 fully saturated rings. The monoisotopic (exact) mass is 273 g/mol. The van der Waals surface area contributed by atoms with Gasteiger partial charge in [-0.05, 0) is 42.4 Å². The van der Waals surface area contributed by atoms with Crippen molar-refractivity contribution in [3.8, 4) is 0 Å². The molecule has 112 valence electrons. The fraction of sp³-hybridized carbons (Fsp3) is 0.684. The molecule has 1 nitrogen and oxygen atoms in total. The van der Waals surface area contributed by atoms with Gasteiger partial charge in [0.05, 0.1) is 0 Å². The lowest BCUT2D eigenvalue weighted by atomic mass is 9.76. The molecule has 0 amide bonds. The lowest BCUT2D eigenvalue weighted by Gasteiger charge is -2.30. The fourth-order valence-electron chi connectivity index (χ4n) is 3.55. The van der Waals surface area contributed by atoms with Crippen molar-refractivity contribution in [2.24, 2.45) is 5.41 Å². The van der Waals surface area contributed by atoms with Crippen LogP contribution in [0.5, 0.6) is 0 Å². The molecule has 0 bridgehead atoms. The molecule has 0 aliphatic heterocycles. The Morgan fingerprint density at radius 1 is 0.950 bits per heavy atom. The first-order chi connectivity index (χ1) is 9.59. The van der Waals surface area contributed by atoms with Crippen LogP contribution in [-0.2, 0) is 6.42 Å². The number of nitrogens with zero attached hydrogens (tertiary/aromatic N) is 1. The third kappa shape index (κ3) is 4.54. The normalized spacial score (nSPS) is 19.8. The van der Waals surface area contributed by atoms with Crippen LogP contribution in [0, 0.1) is 5.41 Å². The van der Waals surface area contributed by atoms with Crippen LogP contribution in [0.3, 0.4) is 0 Å². The Kier molecular flexibility index (Phi) is 5.51. The SMILES string of the molecule is CN(C)c1cccc(CC2(C)CCCCCCCC2)c1. The topological polar surface area (TPSA) is 3.24 Å². The van der Waals surface area contributed by atoms with Gasteiger partial charge in [-0.1, -0.05) is 57.6 Å². The average Bonchev–Trinajstić information content (AvgIpc) is 2.51. The molecule has 1 aromatic rings. The Morgan fingerprint density at radius 3 is 2.15 bits per heavy atom. The number of anilines is 1. The molecule has 1 heteroatoms. The van der Waals surface area contributed by atoms with Gasteiger partial charge in [-0.3, -0.25) is 0 Å². The molecular weight excluding hydrogens is 242 g/mol. The molecule has 0 aromatic heterocycles. The predicted octanol–water partition coefficient (Wildman–Crippen LogP) is 5.44. The van der Waals surface area contributed by atoms with Gasteiger partial charge in [0.25, 0.3) is 0 Å². The molecule has 1 saturated carbocycles. The molecule has 0 radical (unpaired) electrons. The fourth-order valence-corrected chi connectivity index (χ4v) is 3.55. The van der Waals surface area contributed by atoms with E-state index in [1.54, 1.807) is 0 Å². The average molecular weight is 273 g/mol. The maximum atomic E-state index is 2.51. The van der Waals surface area contributed by atoms with Crippen molar-refractivity contribution in [3.05, 3.63) is 29.8 Å². The van der Waals surface area contributed by atoms with E-state index in [9.17, 15) is 0 Å². The lowest BCUT2D eigenvalue weighted by Crippen LogP contribution is -2.20. The largest absolute Gasteiger partial charge is 0.378 e. The van der Waals surface area contributed by atoms with Crippen molar-refractivity contribution in [2.75, 3.05) is 19.0 Å². The summed E-state index contributed by atoms with van der Waals surface area (Å²) in [4.78, 5) is 2.20. The van der Waals surface area contributed by atoms with Gasteiger partial charge in [0, 0.05) is 19.8 Å². The summed E-state index contributed by atoms with van der Waals surface area (Å²) in [6, 6.07) is 9.10. The van der Waals surface area contributed by atoms with Crippen molar-refractivity contribution in [1.82, 2.24) is 0 Å². The summed E-state index contributed by atoms with van der Waals surface area (Å²) in [5.41, 5.74) is 3.35. The second kappa shape index (κ2) is 7.15. The van der Waals surface area contributed by atoms with Crippen LogP contribution in [0.4, 0.5) is 5.69 Å². The maximum Gasteiger partial charge on any atom is 0.0363 e. The minimum atomic E-state index is 0.509. The predicted molar refractivity (Wildman–Crippen MR) is 89.5 cm³/mol. The molecule has 1 aliphatic carbocycles. The minimum Gasteiger partial charge on any atom is -0.378 e. The zero-order valence-corrected chi connectivity index (χ0v) is 13.6. The Morgan fingerprint density at radius 2 is 1.55 bits per heavy atom. The van der Waals surface area contributed by atoms with Gasteiger partial charge < -0.3 is 4.90 Å². The smallest absolute Gasteiger partial charge is 0.0363 e. The third-order valence-corrected chi connectivity index (χ3v) is 4.87. The van der Waals surface area contributed by atoms with E-state index < -0.39 is 0 Å². The molecule has 0 unspecified atom stereocenters. The van der Waals surface area contributed by atoms with E-state index in [-0.39, 0.29) is 0 Å². The Balaban J connectivity index is 2.06. The number of benzene rings is 1. The maximum absolute atomic E-state index is 2.51. The van der Waals surface area contributed by atoms with Gasteiger partial charge in [0.1, 0.15) is 0 Å². The van der Waals surface area contributed by atoms with E-state index in [1.807, 2.05) is 0 Å². The van der Waals surface area contributed by atoms with Gasteiger partial charge in [0.2, 0.25) is 0 Å². The van der Waals surface area contributed by atoms with Crippen LogP contribution in [0.15, 0.2) is 24.3 Å². The molecule has 1 aromatic carbocycles. The van der Waals surface area contributed by atoms with E-state index in [1.165, 1.54) is 69.0 Å². The summed E-state index contributed by atoms with van der Waals surface area (Å²) in [6.07, 6.45) is 12.7. The molecule has 1 aliphatic rings. The van der Waals surface area contributed by atoms with Crippen molar-refractivity contribution in [3.63, 3.8) is 0 Å². The highest BCUT2D eigenvalue weighted by Crippen LogP contribution is 2.36. The molecular formula is C19H31N. The number of hydrogen-bond donors (Lipinski definition) is 0. The quantitative estimate of drug-likeness (QED) is 0.709. The van der Waals surface area contributed by atoms with Crippen LogP contribution in [-0.4, -0.2) is 14.1 Å². The van der Waals surface area contributed by atoms with Crippen molar-refractivity contribution < 1.29 is 0 Å². The molecule has 2 rings (SSSR count). The van der Waals surface area contributed by atoms with Crippen LogP contribution in [0.25, 0.3) is 0 Å². The lowest BCUT2D eigenvalue weighted by molar-refractivity contribution is 0.257. The van der Waals surface area contributed by atoms with Crippen LogP contribution in [0.2, 0.25) is 0 Å². The van der Waals surface area contributed by atoms with Gasteiger partial charge in [-0.25, -0.2) is 0 Å². The highest BCUT2D eigenvalue weighted by molar-refractivity contribution is 5.47. The second-order valence-electron chi connectivity index (χ2n) is 7.17. The van der Waals surface area contributed by atoms with Gasteiger partial charge >= 0.3 is 0 Å². The Hall–Kier alpha value is -0.980. The molecule has 0 N–H and O–H groups in total. The summed E-state index contributed by atoms with van der Waals surface area (Å²) in [7, 11) is 4.25. The first-order valence-corrected chi connectivity index (χ1v) is 8.35. The van der Waals surface area contributed by atoms with E-state index in [0.29, 0.717) is 5.41 Å². The summed E-state index contributed by atoms with van der Waals surface area (Å²) < 4.78 is 0. The summed E-state index contributed by atoms with van der Waals surface area (Å²) in [5, 5.41) is 0. The summed E-state index contributed by atoms with van der Waals surface area (Å²) >= 11 is 0. The zero-order chi connectivity index (χ0) is 14.4. The zero-order valence-electron chi connectivity index (χ0n) is 13.6. The minimum absolute atomic E-state index is 0.509. The van der Waals surface area contributed by atoms with Crippen molar-refractivity contribution >= 4 is 5.69 Å². The standard InChI is InChI=1S/C19H31N/c1-19(13-8-6-4-5-7-9-14-19)16-17-11-10-12-18(15-17)20(2)3/h10-12,15H,4-9,13-14,16H2,1-3H3.